The van der Waals surface area contributed by atoms with Crippen molar-refractivity contribution in [2.45, 2.75) is 46.1 Å². The first-order valence-electron chi connectivity index (χ1n) is 12.0. The fraction of sp³-hybridized carbons (Fsp3) is 0.370. The van der Waals surface area contributed by atoms with Crippen molar-refractivity contribution in [1.82, 2.24) is 29.4 Å². The molecule has 5 rings (SSSR count). The molecule has 4 aromatic rings. The number of hydrogen-bond donors (Lipinski definition) is 0. The summed E-state index contributed by atoms with van der Waals surface area (Å²) in [7, 11) is 0. The molecule has 0 bridgehead atoms. The monoisotopic (exact) mass is 469 g/mol. The lowest BCUT2D eigenvalue weighted by molar-refractivity contribution is 0.222. The second-order valence-corrected chi connectivity index (χ2v) is 9.18. The van der Waals surface area contributed by atoms with E-state index in [1.54, 1.807) is 18.3 Å². The van der Waals surface area contributed by atoms with Crippen LogP contribution < -0.4 is 0 Å². The maximum absolute atomic E-state index is 15.4. The van der Waals surface area contributed by atoms with E-state index in [1.807, 2.05) is 24.5 Å². The van der Waals surface area contributed by atoms with Crippen LogP contribution in [0.2, 0.25) is 0 Å². The van der Waals surface area contributed by atoms with Crippen molar-refractivity contribution < 1.29 is 4.39 Å². The number of aromatic nitrogens is 5. The SMILES string of the molecule is CCN1CCC(c2ccc(Cn3c(-c4cncc(C#N)c4)nc4c(C)nc(C)nc43)c(F)c2)CC1. The van der Waals surface area contributed by atoms with E-state index in [4.69, 9.17) is 4.98 Å². The Kier molecular flexibility index (Phi) is 6.27. The number of nitriles is 1. The van der Waals surface area contributed by atoms with Crippen LogP contribution >= 0.6 is 0 Å². The van der Waals surface area contributed by atoms with E-state index in [0.717, 1.165) is 43.7 Å². The van der Waals surface area contributed by atoms with Crippen molar-refractivity contribution in [2.24, 2.45) is 0 Å². The van der Waals surface area contributed by atoms with E-state index in [-0.39, 0.29) is 12.4 Å². The van der Waals surface area contributed by atoms with Gasteiger partial charge < -0.3 is 9.47 Å². The molecule has 1 fully saturated rings. The molecule has 1 saturated heterocycles. The number of fused-ring (bicyclic) bond motifs is 1. The molecule has 0 aliphatic carbocycles. The molecule has 0 spiro atoms. The summed E-state index contributed by atoms with van der Waals surface area (Å²) in [5, 5.41) is 9.34. The van der Waals surface area contributed by atoms with Crippen molar-refractivity contribution in [3.63, 3.8) is 0 Å². The second-order valence-electron chi connectivity index (χ2n) is 9.18. The Bertz CT molecular complexity index is 1430. The molecule has 0 saturated carbocycles. The van der Waals surface area contributed by atoms with Gasteiger partial charge in [-0.3, -0.25) is 4.98 Å². The summed E-state index contributed by atoms with van der Waals surface area (Å²) in [5.41, 5.74) is 4.81. The first-order valence-corrected chi connectivity index (χ1v) is 12.0. The van der Waals surface area contributed by atoms with Gasteiger partial charge in [-0.25, -0.2) is 19.3 Å². The zero-order valence-electron chi connectivity index (χ0n) is 20.3. The number of hydrogen-bond acceptors (Lipinski definition) is 6. The predicted molar refractivity (Wildman–Crippen MR) is 132 cm³/mol. The summed E-state index contributed by atoms with van der Waals surface area (Å²) in [6, 6.07) is 9.51. The lowest BCUT2D eigenvalue weighted by Crippen LogP contribution is -2.32. The summed E-state index contributed by atoms with van der Waals surface area (Å²) in [5.74, 6) is 1.38. The highest BCUT2D eigenvalue weighted by Crippen LogP contribution is 2.31. The second kappa shape index (κ2) is 9.51. The number of pyridine rings is 1. The van der Waals surface area contributed by atoms with Crippen LogP contribution in [-0.4, -0.2) is 49.0 Å². The van der Waals surface area contributed by atoms with Crippen LogP contribution in [0.3, 0.4) is 0 Å². The Labute approximate surface area is 204 Å². The molecule has 0 unspecified atom stereocenters. The van der Waals surface area contributed by atoms with Gasteiger partial charge in [-0.1, -0.05) is 19.1 Å². The van der Waals surface area contributed by atoms with E-state index < -0.39 is 0 Å². The number of likely N-dealkylation sites (tertiary alicyclic amines) is 1. The molecule has 1 aliphatic rings. The summed E-state index contributed by atoms with van der Waals surface area (Å²) >= 11 is 0. The van der Waals surface area contributed by atoms with Crippen LogP contribution in [0.4, 0.5) is 4.39 Å². The Morgan fingerprint density at radius 1 is 1.09 bits per heavy atom. The lowest BCUT2D eigenvalue weighted by atomic mass is 9.89. The van der Waals surface area contributed by atoms with Gasteiger partial charge in [0.1, 0.15) is 29.1 Å². The molecule has 1 aromatic carbocycles. The third-order valence-corrected chi connectivity index (χ3v) is 6.92. The van der Waals surface area contributed by atoms with E-state index in [2.05, 4.69) is 38.9 Å². The third-order valence-electron chi connectivity index (χ3n) is 6.92. The number of benzene rings is 1. The molecule has 0 radical (unpaired) electrons. The van der Waals surface area contributed by atoms with Crippen LogP contribution in [0.15, 0.2) is 36.7 Å². The number of nitrogens with zero attached hydrogens (tertiary/aromatic N) is 7. The highest BCUT2D eigenvalue weighted by Gasteiger charge is 2.22. The predicted octanol–water partition coefficient (Wildman–Crippen LogP) is 4.76. The molecular weight excluding hydrogens is 441 g/mol. The van der Waals surface area contributed by atoms with Crippen LogP contribution in [0.25, 0.3) is 22.6 Å². The van der Waals surface area contributed by atoms with Crippen molar-refractivity contribution in [2.75, 3.05) is 19.6 Å². The summed E-state index contributed by atoms with van der Waals surface area (Å²) in [6.45, 7) is 9.35. The van der Waals surface area contributed by atoms with E-state index in [0.29, 0.717) is 45.4 Å². The lowest BCUT2D eigenvalue weighted by Gasteiger charge is -2.31. The number of rotatable bonds is 5. The maximum atomic E-state index is 15.4. The minimum atomic E-state index is -0.223. The molecule has 0 amide bonds. The quantitative estimate of drug-likeness (QED) is 0.419. The smallest absolute Gasteiger partial charge is 0.164 e. The van der Waals surface area contributed by atoms with Crippen LogP contribution in [0.5, 0.6) is 0 Å². The number of halogens is 1. The Balaban J connectivity index is 1.54. The van der Waals surface area contributed by atoms with E-state index in [1.165, 1.54) is 6.20 Å². The average molecular weight is 470 g/mol. The van der Waals surface area contributed by atoms with Gasteiger partial charge in [0.15, 0.2) is 5.65 Å². The summed E-state index contributed by atoms with van der Waals surface area (Å²) < 4.78 is 17.3. The fourth-order valence-electron chi connectivity index (χ4n) is 4.97. The Morgan fingerprint density at radius 3 is 2.60 bits per heavy atom. The van der Waals surface area contributed by atoms with Crippen LogP contribution in [-0.2, 0) is 6.54 Å². The standard InChI is InChI=1S/C27H28FN7/c1-4-34-9-7-20(8-10-34)21-5-6-22(24(28)12-21)16-35-26(23-11-19(13-29)14-30-15-23)33-25-17(2)31-18(3)32-27(25)35/h5-6,11-12,14-15,20H,4,7-10,16H2,1-3H3. The van der Waals surface area contributed by atoms with Gasteiger partial charge in [-0.2, -0.15) is 5.26 Å². The molecular formula is C27H28FN7. The van der Waals surface area contributed by atoms with Crippen molar-refractivity contribution >= 4 is 11.2 Å². The molecule has 0 N–H and O–H groups in total. The van der Waals surface area contributed by atoms with E-state index in [9.17, 15) is 5.26 Å². The minimum Gasteiger partial charge on any atom is -0.304 e. The molecule has 8 heteroatoms. The Morgan fingerprint density at radius 2 is 1.89 bits per heavy atom. The molecule has 7 nitrogen and oxygen atoms in total. The van der Waals surface area contributed by atoms with E-state index >= 15 is 4.39 Å². The fourth-order valence-corrected chi connectivity index (χ4v) is 4.97. The zero-order valence-corrected chi connectivity index (χ0v) is 20.3. The van der Waals surface area contributed by atoms with Gasteiger partial charge in [0.2, 0.25) is 0 Å². The van der Waals surface area contributed by atoms with Gasteiger partial charge in [-0.05, 0) is 69.9 Å². The summed E-state index contributed by atoms with van der Waals surface area (Å²) in [6.07, 6.45) is 5.28. The van der Waals surface area contributed by atoms with Gasteiger partial charge >= 0.3 is 0 Å². The largest absolute Gasteiger partial charge is 0.304 e. The zero-order chi connectivity index (χ0) is 24.5. The molecule has 1 aliphatic heterocycles. The van der Waals surface area contributed by atoms with Crippen molar-refractivity contribution in [3.8, 4) is 17.5 Å². The van der Waals surface area contributed by atoms with Crippen LogP contribution in [0.1, 0.15) is 53.9 Å². The summed E-state index contributed by atoms with van der Waals surface area (Å²) in [4.78, 5) is 20.5. The first-order chi connectivity index (χ1) is 17.0. The molecule has 178 valence electrons. The number of aryl methyl sites for hydroxylation is 2. The number of imidazole rings is 1. The first kappa shape index (κ1) is 23.1. The van der Waals surface area contributed by atoms with Gasteiger partial charge in [0.25, 0.3) is 0 Å². The average Bonchev–Trinajstić information content (AvgIpc) is 3.23. The molecule has 35 heavy (non-hydrogen) atoms. The molecule has 3 aromatic heterocycles. The number of piperidine rings is 1. The maximum Gasteiger partial charge on any atom is 0.164 e. The van der Waals surface area contributed by atoms with Crippen LogP contribution in [0, 0.1) is 31.0 Å². The van der Waals surface area contributed by atoms with Crippen molar-refractivity contribution in [3.05, 3.63) is 70.7 Å². The molecule has 0 atom stereocenters. The van der Waals surface area contributed by atoms with Crippen molar-refractivity contribution in [1.29, 1.82) is 5.26 Å². The molecule has 4 heterocycles. The topological polar surface area (TPSA) is 83.5 Å². The third kappa shape index (κ3) is 4.52. The van der Waals surface area contributed by atoms with Gasteiger partial charge in [0.05, 0.1) is 17.8 Å². The highest BCUT2D eigenvalue weighted by atomic mass is 19.1. The normalized spacial score (nSPS) is 14.9. The Hall–Kier alpha value is -3.70. The van der Waals surface area contributed by atoms with Gasteiger partial charge in [-0.15, -0.1) is 0 Å². The minimum absolute atomic E-state index is 0.223. The highest BCUT2D eigenvalue weighted by molar-refractivity contribution is 5.79. The van der Waals surface area contributed by atoms with Gasteiger partial charge in [0, 0.05) is 23.5 Å².